The molecule has 0 aromatic rings. The van der Waals surface area contributed by atoms with Crippen molar-refractivity contribution in [2.75, 3.05) is 4.43 Å². The summed E-state index contributed by atoms with van der Waals surface area (Å²) in [5, 5.41) is 0. The maximum Gasteiger partial charge on any atom is 0.00295 e. The summed E-state index contributed by atoms with van der Waals surface area (Å²) < 4.78 is 1.30. The van der Waals surface area contributed by atoms with Crippen molar-refractivity contribution in [2.24, 2.45) is 11.8 Å². The second kappa shape index (κ2) is 5.94. The first-order chi connectivity index (χ1) is 6.69. The standard InChI is InChI=1S/C13H21I/c1-4-5-12(9-14)13-7-6-10(2)8-11(13)3/h6,8,12-13H,4-5,7,9H2,1-3H3. The van der Waals surface area contributed by atoms with Crippen molar-refractivity contribution >= 4 is 22.6 Å². The van der Waals surface area contributed by atoms with Crippen LogP contribution >= 0.6 is 22.6 Å². The Morgan fingerprint density at radius 3 is 2.71 bits per heavy atom. The highest BCUT2D eigenvalue weighted by atomic mass is 127. The van der Waals surface area contributed by atoms with Crippen LogP contribution in [-0.4, -0.2) is 4.43 Å². The van der Waals surface area contributed by atoms with Gasteiger partial charge >= 0.3 is 0 Å². The molecule has 0 aromatic carbocycles. The first-order valence-corrected chi connectivity index (χ1v) is 7.12. The van der Waals surface area contributed by atoms with Crippen LogP contribution < -0.4 is 0 Å². The highest BCUT2D eigenvalue weighted by Crippen LogP contribution is 2.33. The van der Waals surface area contributed by atoms with E-state index in [0.29, 0.717) is 0 Å². The highest BCUT2D eigenvalue weighted by molar-refractivity contribution is 14.1. The van der Waals surface area contributed by atoms with Crippen LogP contribution in [0.5, 0.6) is 0 Å². The van der Waals surface area contributed by atoms with Crippen molar-refractivity contribution in [2.45, 2.75) is 40.0 Å². The van der Waals surface area contributed by atoms with Crippen LogP contribution in [0.2, 0.25) is 0 Å². The molecule has 0 fully saturated rings. The zero-order valence-electron chi connectivity index (χ0n) is 9.52. The zero-order valence-corrected chi connectivity index (χ0v) is 11.7. The SMILES string of the molecule is CCCC(CI)C1CC=C(C)C=C1C. The lowest BCUT2D eigenvalue weighted by molar-refractivity contribution is 0.391. The van der Waals surface area contributed by atoms with Crippen LogP contribution in [0.15, 0.2) is 23.3 Å². The molecule has 0 aromatic heterocycles. The summed E-state index contributed by atoms with van der Waals surface area (Å²) in [5.74, 6) is 1.71. The van der Waals surface area contributed by atoms with Crippen molar-refractivity contribution in [3.63, 3.8) is 0 Å². The van der Waals surface area contributed by atoms with E-state index in [2.05, 4.69) is 55.5 Å². The van der Waals surface area contributed by atoms with Crippen LogP contribution in [0.4, 0.5) is 0 Å². The fourth-order valence-corrected chi connectivity index (χ4v) is 3.40. The van der Waals surface area contributed by atoms with Gasteiger partial charge in [-0.1, -0.05) is 59.2 Å². The quantitative estimate of drug-likeness (QED) is 0.519. The van der Waals surface area contributed by atoms with E-state index < -0.39 is 0 Å². The van der Waals surface area contributed by atoms with Crippen molar-refractivity contribution in [3.05, 3.63) is 23.3 Å². The molecule has 1 rings (SSSR count). The van der Waals surface area contributed by atoms with E-state index in [1.807, 2.05) is 0 Å². The predicted octanol–water partition coefficient (Wildman–Crippen LogP) is 4.75. The lowest BCUT2D eigenvalue weighted by Gasteiger charge is -2.28. The average Bonchev–Trinajstić information content (AvgIpc) is 2.15. The Morgan fingerprint density at radius 1 is 1.50 bits per heavy atom. The molecule has 0 spiro atoms. The minimum atomic E-state index is 0.815. The normalized spacial score (nSPS) is 24.1. The molecule has 1 aliphatic carbocycles. The van der Waals surface area contributed by atoms with Crippen LogP contribution in [0.3, 0.4) is 0 Å². The molecule has 2 atom stereocenters. The number of allylic oxidation sites excluding steroid dienone is 4. The van der Waals surface area contributed by atoms with Crippen LogP contribution in [0, 0.1) is 11.8 Å². The monoisotopic (exact) mass is 304 g/mol. The molecule has 0 saturated heterocycles. The van der Waals surface area contributed by atoms with Gasteiger partial charge in [-0.05, 0) is 38.5 Å². The Kier molecular flexibility index (Phi) is 5.21. The Bertz CT molecular complexity index is 238. The molecular formula is C13H21I. The van der Waals surface area contributed by atoms with E-state index in [0.717, 1.165) is 11.8 Å². The van der Waals surface area contributed by atoms with Gasteiger partial charge in [0.15, 0.2) is 0 Å². The molecule has 0 radical (unpaired) electrons. The average molecular weight is 304 g/mol. The molecule has 1 aliphatic rings. The minimum absolute atomic E-state index is 0.815. The molecule has 0 saturated carbocycles. The number of hydrogen-bond donors (Lipinski definition) is 0. The third kappa shape index (κ3) is 3.11. The molecule has 1 heteroatoms. The molecule has 0 aliphatic heterocycles. The number of hydrogen-bond acceptors (Lipinski definition) is 0. The van der Waals surface area contributed by atoms with Gasteiger partial charge in [0, 0.05) is 4.43 Å². The molecule has 0 N–H and O–H groups in total. The fourth-order valence-electron chi connectivity index (χ4n) is 2.34. The van der Waals surface area contributed by atoms with Crippen molar-refractivity contribution in [1.82, 2.24) is 0 Å². The Labute approximate surface area is 102 Å². The molecule has 0 nitrogen and oxygen atoms in total. The van der Waals surface area contributed by atoms with E-state index in [4.69, 9.17) is 0 Å². The Balaban J connectivity index is 2.65. The van der Waals surface area contributed by atoms with Gasteiger partial charge in [0.05, 0.1) is 0 Å². The summed E-state index contributed by atoms with van der Waals surface area (Å²) in [7, 11) is 0. The third-order valence-electron chi connectivity index (χ3n) is 3.16. The Morgan fingerprint density at radius 2 is 2.21 bits per heavy atom. The number of rotatable bonds is 4. The van der Waals surface area contributed by atoms with E-state index in [-0.39, 0.29) is 0 Å². The third-order valence-corrected chi connectivity index (χ3v) is 4.29. The maximum absolute atomic E-state index is 2.54. The van der Waals surface area contributed by atoms with Gasteiger partial charge < -0.3 is 0 Å². The van der Waals surface area contributed by atoms with Gasteiger partial charge in [-0.15, -0.1) is 0 Å². The van der Waals surface area contributed by atoms with Crippen molar-refractivity contribution in [3.8, 4) is 0 Å². The molecule has 0 amide bonds. The summed E-state index contributed by atoms with van der Waals surface area (Å²) >= 11 is 2.54. The molecule has 2 unspecified atom stereocenters. The van der Waals surface area contributed by atoms with Crippen molar-refractivity contribution in [1.29, 1.82) is 0 Å². The predicted molar refractivity (Wildman–Crippen MR) is 72.9 cm³/mol. The van der Waals surface area contributed by atoms with Crippen LogP contribution in [0.25, 0.3) is 0 Å². The minimum Gasteiger partial charge on any atom is -0.0861 e. The topological polar surface area (TPSA) is 0 Å². The highest BCUT2D eigenvalue weighted by Gasteiger charge is 2.22. The zero-order chi connectivity index (χ0) is 10.6. The van der Waals surface area contributed by atoms with E-state index in [1.165, 1.54) is 29.3 Å². The summed E-state index contributed by atoms with van der Waals surface area (Å²) in [6.45, 7) is 6.80. The molecule has 14 heavy (non-hydrogen) atoms. The van der Waals surface area contributed by atoms with E-state index in [9.17, 15) is 0 Å². The molecule has 0 heterocycles. The number of alkyl halides is 1. The lowest BCUT2D eigenvalue weighted by Crippen LogP contribution is -2.18. The largest absolute Gasteiger partial charge is 0.0861 e. The smallest absolute Gasteiger partial charge is 0.00295 e. The van der Waals surface area contributed by atoms with Gasteiger partial charge in [0.1, 0.15) is 0 Å². The molecule has 0 bridgehead atoms. The van der Waals surface area contributed by atoms with Gasteiger partial charge in [0.2, 0.25) is 0 Å². The van der Waals surface area contributed by atoms with E-state index in [1.54, 1.807) is 5.57 Å². The summed E-state index contributed by atoms with van der Waals surface area (Å²) in [5.41, 5.74) is 3.04. The lowest BCUT2D eigenvalue weighted by atomic mass is 9.79. The Hall–Kier alpha value is 0.210. The van der Waals surface area contributed by atoms with Crippen molar-refractivity contribution < 1.29 is 0 Å². The fraction of sp³-hybridized carbons (Fsp3) is 0.692. The summed E-state index contributed by atoms with van der Waals surface area (Å²) in [4.78, 5) is 0. The summed E-state index contributed by atoms with van der Waals surface area (Å²) in [6, 6.07) is 0. The van der Waals surface area contributed by atoms with Crippen LogP contribution in [0.1, 0.15) is 40.0 Å². The van der Waals surface area contributed by atoms with Gasteiger partial charge in [-0.25, -0.2) is 0 Å². The summed E-state index contributed by atoms with van der Waals surface area (Å²) in [6.07, 6.45) is 8.73. The van der Waals surface area contributed by atoms with Gasteiger partial charge in [0.25, 0.3) is 0 Å². The molecule has 80 valence electrons. The second-order valence-electron chi connectivity index (χ2n) is 4.38. The van der Waals surface area contributed by atoms with Crippen LogP contribution in [-0.2, 0) is 0 Å². The van der Waals surface area contributed by atoms with E-state index >= 15 is 0 Å². The maximum atomic E-state index is 2.54. The van der Waals surface area contributed by atoms with Gasteiger partial charge in [-0.2, -0.15) is 0 Å². The first kappa shape index (κ1) is 12.3. The molecular weight excluding hydrogens is 283 g/mol. The van der Waals surface area contributed by atoms with Gasteiger partial charge in [-0.3, -0.25) is 0 Å². The first-order valence-electron chi connectivity index (χ1n) is 5.60. The second-order valence-corrected chi connectivity index (χ2v) is 5.26. The number of halogens is 1.